The van der Waals surface area contributed by atoms with Crippen LogP contribution in [-0.4, -0.2) is 55.8 Å². The number of halogens is 1. The SMILES string of the molecule is N#Cc1cc2n(n1)CCCN(CC1(O)CCCN(Cc3ccc(F)cc3)C1=O)C2. The molecule has 2 aliphatic rings. The molecule has 29 heavy (non-hydrogen) atoms. The molecule has 7 nitrogen and oxygen atoms in total. The Bertz CT molecular complexity index is 936. The highest BCUT2D eigenvalue weighted by atomic mass is 19.1. The van der Waals surface area contributed by atoms with Crippen molar-refractivity contribution >= 4 is 5.91 Å². The van der Waals surface area contributed by atoms with Gasteiger partial charge in [0.2, 0.25) is 0 Å². The molecule has 0 aliphatic carbocycles. The van der Waals surface area contributed by atoms with Gasteiger partial charge in [-0.15, -0.1) is 0 Å². The van der Waals surface area contributed by atoms with Gasteiger partial charge in [0.1, 0.15) is 11.9 Å². The molecule has 1 fully saturated rings. The Morgan fingerprint density at radius 1 is 1.21 bits per heavy atom. The molecular weight excluding hydrogens is 373 g/mol. The lowest BCUT2D eigenvalue weighted by Crippen LogP contribution is -2.58. The van der Waals surface area contributed by atoms with E-state index in [1.165, 1.54) is 12.1 Å². The fourth-order valence-electron chi connectivity index (χ4n) is 4.26. The summed E-state index contributed by atoms with van der Waals surface area (Å²) in [6.07, 6.45) is 1.97. The monoisotopic (exact) mass is 397 g/mol. The minimum absolute atomic E-state index is 0.249. The average molecular weight is 397 g/mol. The summed E-state index contributed by atoms with van der Waals surface area (Å²) in [7, 11) is 0. The first-order valence-electron chi connectivity index (χ1n) is 9.92. The molecule has 0 saturated carbocycles. The number of carbonyl (C=O) groups excluding carboxylic acids is 1. The first-order chi connectivity index (χ1) is 14.0. The number of nitrogens with zero attached hydrogens (tertiary/aromatic N) is 5. The van der Waals surface area contributed by atoms with Crippen LogP contribution in [0.2, 0.25) is 0 Å². The number of aliphatic hydroxyl groups is 1. The maximum atomic E-state index is 13.1. The number of hydrogen-bond acceptors (Lipinski definition) is 5. The number of carbonyl (C=O) groups is 1. The summed E-state index contributed by atoms with van der Waals surface area (Å²) in [5.41, 5.74) is 0.714. The van der Waals surface area contributed by atoms with Gasteiger partial charge in [-0.1, -0.05) is 12.1 Å². The number of aromatic nitrogens is 2. The van der Waals surface area contributed by atoms with Gasteiger partial charge < -0.3 is 10.0 Å². The van der Waals surface area contributed by atoms with Crippen molar-refractivity contribution in [3.8, 4) is 6.07 Å². The van der Waals surface area contributed by atoms with Crippen LogP contribution in [0, 0.1) is 17.1 Å². The third-order valence-electron chi connectivity index (χ3n) is 5.68. The van der Waals surface area contributed by atoms with Crippen LogP contribution >= 0.6 is 0 Å². The quantitative estimate of drug-likeness (QED) is 0.848. The van der Waals surface area contributed by atoms with E-state index in [-0.39, 0.29) is 18.3 Å². The van der Waals surface area contributed by atoms with E-state index in [1.807, 2.05) is 4.68 Å². The van der Waals surface area contributed by atoms with Crippen molar-refractivity contribution in [2.45, 2.75) is 44.5 Å². The first kappa shape index (κ1) is 19.6. The molecule has 0 spiro atoms. The molecule has 3 heterocycles. The van der Waals surface area contributed by atoms with E-state index in [0.29, 0.717) is 38.2 Å². The van der Waals surface area contributed by atoms with Gasteiger partial charge in [0.25, 0.3) is 5.91 Å². The molecule has 8 heteroatoms. The van der Waals surface area contributed by atoms with Crippen LogP contribution in [-0.2, 0) is 24.4 Å². The number of nitriles is 1. The molecule has 1 amide bonds. The van der Waals surface area contributed by atoms with Gasteiger partial charge in [0, 0.05) is 39.3 Å². The minimum Gasteiger partial charge on any atom is -0.379 e. The number of likely N-dealkylation sites (tertiary alicyclic amines) is 1. The second-order valence-electron chi connectivity index (χ2n) is 7.91. The third-order valence-corrected chi connectivity index (χ3v) is 5.68. The summed E-state index contributed by atoms with van der Waals surface area (Å²) < 4.78 is 15.0. The van der Waals surface area contributed by atoms with Crippen LogP contribution in [0.1, 0.15) is 36.2 Å². The molecule has 1 unspecified atom stereocenters. The van der Waals surface area contributed by atoms with Crippen molar-refractivity contribution in [1.82, 2.24) is 19.6 Å². The molecule has 2 aliphatic heterocycles. The van der Waals surface area contributed by atoms with Gasteiger partial charge in [-0.05, 0) is 43.0 Å². The van der Waals surface area contributed by atoms with E-state index in [4.69, 9.17) is 5.26 Å². The lowest BCUT2D eigenvalue weighted by molar-refractivity contribution is -0.160. The lowest BCUT2D eigenvalue weighted by Gasteiger charge is -2.40. The number of fused-ring (bicyclic) bond motifs is 1. The van der Waals surface area contributed by atoms with E-state index >= 15 is 0 Å². The minimum atomic E-state index is -1.44. The van der Waals surface area contributed by atoms with E-state index in [0.717, 1.165) is 30.8 Å². The Balaban J connectivity index is 1.46. The predicted octanol–water partition coefficient (Wildman–Crippen LogP) is 1.65. The zero-order valence-corrected chi connectivity index (χ0v) is 16.2. The molecule has 1 atom stereocenters. The predicted molar refractivity (Wildman–Crippen MR) is 103 cm³/mol. The molecule has 0 radical (unpaired) electrons. The topological polar surface area (TPSA) is 85.4 Å². The fourth-order valence-corrected chi connectivity index (χ4v) is 4.26. The number of benzene rings is 1. The third kappa shape index (κ3) is 4.16. The zero-order valence-electron chi connectivity index (χ0n) is 16.2. The smallest absolute Gasteiger partial charge is 0.256 e. The molecule has 1 N–H and O–H groups in total. The maximum absolute atomic E-state index is 13.1. The summed E-state index contributed by atoms with van der Waals surface area (Å²) in [6, 6.07) is 9.93. The highest BCUT2D eigenvalue weighted by Crippen LogP contribution is 2.27. The molecule has 1 saturated heterocycles. The van der Waals surface area contributed by atoms with E-state index in [2.05, 4.69) is 16.1 Å². The molecule has 0 bridgehead atoms. The average Bonchev–Trinajstić information content (AvgIpc) is 3.00. The van der Waals surface area contributed by atoms with E-state index in [1.54, 1.807) is 23.1 Å². The summed E-state index contributed by atoms with van der Waals surface area (Å²) in [6.45, 7) is 3.20. The highest BCUT2D eigenvalue weighted by Gasteiger charge is 2.43. The Morgan fingerprint density at radius 2 is 2.00 bits per heavy atom. The zero-order chi connectivity index (χ0) is 20.4. The van der Waals surface area contributed by atoms with Crippen LogP contribution in [0.3, 0.4) is 0 Å². The Morgan fingerprint density at radius 3 is 2.76 bits per heavy atom. The van der Waals surface area contributed by atoms with Crippen molar-refractivity contribution in [2.75, 3.05) is 19.6 Å². The molecule has 1 aromatic heterocycles. The van der Waals surface area contributed by atoms with Gasteiger partial charge in [-0.25, -0.2) is 4.39 Å². The molecule has 152 valence electrons. The lowest BCUT2D eigenvalue weighted by atomic mass is 9.90. The number of amides is 1. The van der Waals surface area contributed by atoms with Crippen LogP contribution in [0.5, 0.6) is 0 Å². The van der Waals surface area contributed by atoms with Crippen LogP contribution < -0.4 is 0 Å². The largest absolute Gasteiger partial charge is 0.379 e. The van der Waals surface area contributed by atoms with Gasteiger partial charge in [-0.2, -0.15) is 10.4 Å². The normalized spacial score (nSPS) is 22.8. The van der Waals surface area contributed by atoms with Gasteiger partial charge >= 0.3 is 0 Å². The second-order valence-corrected chi connectivity index (χ2v) is 7.91. The van der Waals surface area contributed by atoms with Crippen molar-refractivity contribution in [1.29, 1.82) is 5.26 Å². The molecule has 2 aromatic rings. The standard InChI is InChI=1S/C21H24FN5O2/c22-17-5-3-16(4-6-17)13-26-9-1-7-21(29,20(26)28)15-25-8-2-10-27-19(14-25)11-18(12-23)24-27/h3-6,11,29H,1-2,7-10,13-15H2. The van der Waals surface area contributed by atoms with Gasteiger partial charge in [0.15, 0.2) is 11.3 Å². The van der Waals surface area contributed by atoms with Crippen molar-refractivity contribution in [3.63, 3.8) is 0 Å². The van der Waals surface area contributed by atoms with Crippen molar-refractivity contribution in [2.24, 2.45) is 0 Å². The summed E-state index contributed by atoms with van der Waals surface area (Å²) in [5, 5.41) is 24.6. The molecule has 4 rings (SSSR count). The maximum Gasteiger partial charge on any atom is 0.256 e. The highest BCUT2D eigenvalue weighted by molar-refractivity contribution is 5.86. The fraction of sp³-hybridized carbons (Fsp3) is 0.476. The number of piperidine rings is 1. The Labute approximate surface area is 168 Å². The van der Waals surface area contributed by atoms with Crippen LogP contribution in [0.4, 0.5) is 4.39 Å². The number of aryl methyl sites for hydroxylation is 1. The Hall–Kier alpha value is -2.76. The first-order valence-corrected chi connectivity index (χ1v) is 9.92. The Kier molecular flexibility index (Phi) is 5.35. The molecule has 1 aromatic carbocycles. The van der Waals surface area contributed by atoms with Gasteiger partial charge in [0.05, 0.1) is 5.69 Å². The van der Waals surface area contributed by atoms with Crippen LogP contribution in [0.15, 0.2) is 30.3 Å². The second kappa shape index (κ2) is 7.93. The van der Waals surface area contributed by atoms with Crippen molar-refractivity contribution in [3.05, 3.63) is 53.1 Å². The number of β-amino-alcohol motifs (C(OH)–C–C–N with tert-alkyl or cyclic N) is 1. The summed E-state index contributed by atoms with van der Waals surface area (Å²) in [5.74, 6) is -0.585. The summed E-state index contributed by atoms with van der Waals surface area (Å²) >= 11 is 0. The van der Waals surface area contributed by atoms with Gasteiger partial charge in [-0.3, -0.25) is 14.4 Å². The summed E-state index contributed by atoms with van der Waals surface area (Å²) in [4.78, 5) is 16.8. The van der Waals surface area contributed by atoms with E-state index in [9.17, 15) is 14.3 Å². The van der Waals surface area contributed by atoms with Crippen LogP contribution in [0.25, 0.3) is 0 Å². The number of rotatable bonds is 4. The van der Waals surface area contributed by atoms with Crippen molar-refractivity contribution < 1.29 is 14.3 Å². The van der Waals surface area contributed by atoms with E-state index < -0.39 is 5.60 Å². The number of hydrogen-bond donors (Lipinski definition) is 1. The molecular formula is C21H24FN5O2.